The Balaban J connectivity index is 0. The molecule has 0 bridgehead atoms. The van der Waals surface area contributed by atoms with Gasteiger partial charge in [0.25, 0.3) is 0 Å². The molecule has 0 saturated carbocycles. The molecule has 0 aliphatic carbocycles. The van der Waals surface area contributed by atoms with Crippen LogP contribution < -0.4 is 0 Å². The van der Waals surface area contributed by atoms with Crippen molar-refractivity contribution in [1.82, 2.24) is 0 Å². The van der Waals surface area contributed by atoms with Gasteiger partial charge in [-0.15, -0.1) is 0 Å². The molecule has 0 rings (SSSR count). The van der Waals surface area contributed by atoms with Gasteiger partial charge >= 0.3 is 8.56 Å². The molecule has 0 aromatic carbocycles. The summed E-state index contributed by atoms with van der Waals surface area (Å²) >= 11 is 15.6. The summed E-state index contributed by atoms with van der Waals surface area (Å²) < 4.78 is 11.5. The van der Waals surface area contributed by atoms with E-state index in [-0.39, 0.29) is 4.49 Å². The fourth-order valence-corrected chi connectivity index (χ4v) is 2.21. The third kappa shape index (κ3) is 15.0. The van der Waals surface area contributed by atoms with Gasteiger partial charge in [0.1, 0.15) is 4.49 Å². The number of rotatable bonds is 4. The summed E-state index contributed by atoms with van der Waals surface area (Å²) in [6.07, 6.45) is 0. The van der Waals surface area contributed by atoms with Crippen molar-refractivity contribution in [2.24, 2.45) is 0 Å². The third-order valence-electron chi connectivity index (χ3n) is 1.24. The molecule has 0 aromatic rings. The Morgan fingerprint density at radius 1 is 1.07 bits per heavy atom. The minimum atomic E-state index is -1.70. The quantitative estimate of drug-likeness (QED) is 0.743. The maximum atomic E-state index is 5.39. The van der Waals surface area contributed by atoms with Crippen molar-refractivity contribution in [3.05, 3.63) is 9.15 Å². The minimum Gasteiger partial charge on any atom is -0.395 e. The lowest BCUT2D eigenvalue weighted by atomic mass is 10.9. The average Bonchev–Trinajstić information content (AvgIpc) is 2.04. The molecule has 0 heterocycles. The zero-order valence-corrected chi connectivity index (χ0v) is 15.1. The highest BCUT2D eigenvalue weighted by molar-refractivity contribution is 6.66. The number of halogens is 3. The maximum Gasteiger partial charge on any atom is 0.331 e. The minimum absolute atomic E-state index is 0.198. The lowest BCUT2D eigenvalue weighted by molar-refractivity contribution is 0.196. The van der Waals surface area contributed by atoms with Crippen molar-refractivity contribution in [1.29, 1.82) is 0 Å². The highest BCUT2D eigenvalue weighted by atomic mass is 35.5. The summed E-state index contributed by atoms with van der Waals surface area (Å²) in [7, 11) is -0.969. The van der Waals surface area contributed by atoms with Crippen LogP contribution in [0.3, 0.4) is 0 Å². The van der Waals surface area contributed by atoms with Gasteiger partial charge in [0, 0.05) is 17.9 Å². The Morgan fingerprint density at radius 3 is 1.47 bits per heavy atom. The van der Waals surface area contributed by atoms with E-state index in [1.807, 2.05) is 13.8 Å². The molecule has 0 radical (unpaired) electrons. The van der Waals surface area contributed by atoms with Gasteiger partial charge in [-0.2, -0.15) is 0 Å². The van der Waals surface area contributed by atoms with E-state index in [1.165, 1.54) is 0 Å². The van der Waals surface area contributed by atoms with E-state index < -0.39 is 8.56 Å². The smallest absolute Gasteiger partial charge is 0.331 e. The second-order valence-electron chi connectivity index (χ2n) is 3.06. The van der Waals surface area contributed by atoms with Gasteiger partial charge in [-0.3, -0.25) is 0 Å². The molecule has 0 aliphatic heterocycles. The molecule has 92 valence electrons. The van der Waals surface area contributed by atoms with Gasteiger partial charge in [-0.1, -0.05) is 34.8 Å². The lowest BCUT2D eigenvalue weighted by Gasteiger charge is -2.20. The number of hydrogen-bond donors (Lipinski definition) is 0. The highest BCUT2D eigenvalue weighted by Gasteiger charge is 2.22. The van der Waals surface area contributed by atoms with Gasteiger partial charge in [0.15, 0.2) is 0 Å². The predicted octanol–water partition coefficient (Wildman–Crippen LogP) is 2.96. The van der Waals surface area contributed by atoms with Gasteiger partial charge < -0.3 is 8.85 Å². The monoisotopic (exact) mass is 308 g/mol. The highest BCUT2D eigenvalue weighted by Crippen LogP contribution is 2.13. The van der Waals surface area contributed by atoms with E-state index in [1.54, 1.807) is 0 Å². The standard InChI is InChI=1S/C6H16O2Si.C2H3Cl3Si/c1-5-7-9(3,4)8-6-2;3-1(4)2(5)6/h5-6H2,1-4H3;6H3. The molecule has 0 spiro atoms. The van der Waals surface area contributed by atoms with Crippen LogP contribution in [0.15, 0.2) is 9.15 Å². The molecule has 0 amide bonds. The van der Waals surface area contributed by atoms with Gasteiger partial charge in [0.05, 0.1) is 10.2 Å². The van der Waals surface area contributed by atoms with E-state index in [0.717, 1.165) is 23.5 Å². The molecular weight excluding hydrogens is 291 g/mol. The van der Waals surface area contributed by atoms with Crippen molar-refractivity contribution >= 4 is 53.6 Å². The van der Waals surface area contributed by atoms with Crippen LogP contribution in [0, 0.1) is 0 Å². The second kappa shape index (κ2) is 10.1. The molecule has 0 unspecified atom stereocenters. The molecule has 0 aromatic heterocycles. The first-order chi connectivity index (χ1) is 6.76. The van der Waals surface area contributed by atoms with Crippen LogP contribution in [-0.4, -0.2) is 32.0 Å². The molecular formula is C8H19Cl3O2Si2. The third-order valence-corrected chi connectivity index (χ3v) is 5.30. The lowest BCUT2D eigenvalue weighted by Crippen LogP contribution is -2.34. The topological polar surface area (TPSA) is 18.5 Å². The van der Waals surface area contributed by atoms with Crippen molar-refractivity contribution in [2.75, 3.05) is 13.2 Å². The van der Waals surface area contributed by atoms with Crippen LogP contribution in [0.25, 0.3) is 0 Å². The summed E-state index contributed by atoms with van der Waals surface area (Å²) in [5, 5.41) is 0. The molecule has 15 heavy (non-hydrogen) atoms. The molecule has 0 aliphatic rings. The second-order valence-corrected chi connectivity index (χ2v) is 9.59. The molecule has 0 N–H and O–H groups in total. The first-order valence-corrected chi connectivity index (χ1v) is 9.67. The fourth-order valence-electron chi connectivity index (χ4n) is 0.737. The first-order valence-electron chi connectivity index (χ1n) is 4.72. The molecule has 7 heteroatoms. The van der Waals surface area contributed by atoms with E-state index in [0.29, 0.717) is 4.66 Å². The van der Waals surface area contributed by atoms with Crippen molar-refractivity contribution < 1.29 is 8.85 Å². The Morgan fingerprint density at radius 2 is 1.33 bits per heavy atom. The SMILES string of the molecule is CCO[Si](C)(C)OCC.[SiH3]C(Cl)=C(Cl)Cl. The van der Waals surface area contributed by atoms with E-state index in [9.17, 15) is 0 Å². The van der Waals surface area contributed by atoms with Crippen LogP contribution >= 0.6 is 34.8 Å². The Kier molecular flexibility index (Phi) is 12.4. The van der Waals surface area contributed by atoms with Crippen molar-refractivity contribution in [3.63, 3.8) is 0 Å². The van der Waals surface area contributed by atoms with Crippen molar-refractivity contribution in [3.8, 4) is 0 Å². The Hall–Kier alpha value is 0.964. The zero-order chi connectivity index (χ0) is 12.5. The zero-order valence-electron chi connectivity index (χ0n) is 9.86. The molecule has 0 atom stereocenters. The van der Waals surface area contributed by atoms with Crippen LogP contribution in [0.5, 0.6) is 0 Å². The summed E-state index contributed by atoms with van der Waals surface area (Å²) in [6.45, 7) is 9.62. The van der Waals surface area contributed by atoms with Crippen LogP contribution in [0.1, 0.15) is 13.8 Å². The Bertz CT molecular complexity index is 172. The average molecular weight is 310 g/mol. The molecule has 2 nitrogen and oxygen atoms in total. The van der Waals surface area contributed by atoms with E-state index >= 15 is 0 Å². The van der Waals surface area contributed by atoms with Gasteiger partial charge in [-0.05, 0) is 26.9 Å². The normalized spacial score (nSPS) is 10.6. The van der Waals surface area contributed by atoms with E-state index in [4.69, 9.17) is 43.7 Å². The van der Waals surface area contributed by atoms with Crippen LogP contribution in [0.2, 0.25) is 13.1 Å². The maximum absolute atomic E-state index is 5.39. The predicted molar refractivity (Wildman–Crippen MR) is 75.3 cm³/mol. The molecule has 0 fully saturated rings. The summed E-state index contributed by atoms with van der Waals surface area (Å²) in [6, 6.07) is 0. The first kappa shape index (κ1) is 18.3. The Labute approximate surface area is 112 Å². The van der Waals surface area contributed by atoms with Crippen molar-refractivity contribution in [2.45, 2.75) is 26.9 Å². The summed E-state index contributed by atoms with van der Waals surface area (Å²) in [4.78, 5) is 0. The van der Waals surface area contributed by atoms with Gasteiger partial charge in [-0.25, -0.2) is 0 Å². The molecule has 0 saturated heterocycles. The van der Waals surface area contributed by atoms with Gasteiger partial charge in [0.2, 0.25) is 0 Å². The summed E-state index contributed by atoms with van der Waals surface area (Å²) in [5.74, 6) is 0. The fraction of sp³-hybridized carbons (Fsp3) is 0.750. The number of hydrogen-bond acceptors (Lipinski definition) is 2. The van der Waals surface area contributed by atoms with Crippen LogP contribution in [0.4, 0.5) is 0 Å². The largest absolute Gasteiger partial charge is 0.395 e. The van der Waals surface area contributed by atoms with E-state index in [2.05, 4.69) is 13.1 Å². The summed E-state index contributed by atoms with van der Waals surface area (Å²) in [5.41, 5.74) is 0. The van der Waals surface area contributed by atoms with Crippen LogP contribution in [-0.2, 0) is 8.85 Å².